The highest BCUT2D eigenvalue weighted by atomic mass is 15.1. The van der Waals surface area contributed by atoms with Gasteiger partial charge in [-0.05, 0) is 127 Å². The van der Waals surface area contributed by atoms with E-state index < -0.39 is 0 Å². The highest BCUT2D eigenvalue weighted by Crippen LogP contribution is 2.46. The van der Waals surface area contributed by atoms with Crippen molar-refractivity contribution in [3.8, 4) is 55.6 Å². The molecule has 0 saturated heterocycles. The van der Waals surface area contributed by atoms with E-state index in [9.17, 15) is 0 Å². The predicted molar refractivity (Wildman–Crippen MR) is 272 cm³/mol. The normalized spacial score (nSPS) is 11.4. The van der Waals surface area contributed by atoms with Gasteiger partial charge >= 0.3 is 0 Å². The van der Waals surface area contributed by atoms with E-state index in [0.29, 0.717) is 0 Å². The molecule has 2 aromatic heterocycles. The Bertz CT molecular complexity index is 3530. The predicted octanol–water partition coefficient (Wildman–Crippen LogP) is 17.2. The summed E-state index contributed by atoms with van der Waals surface area (Å²) in [6.45, 7) is 0. The number of fused-ring (bicyclic) bond motifs is 8. The summed E-state index contributed by atoms with van der Waals surface area (Å²) < 4.78 is 2.40. The van der Waals surface area contributed by atoms with Gasteiger partial charge in [-0.1, -0.05) is 188 Å². The number of anilines is 3. The van der Waals surface area contributed by atoms with Crippen molar-refractivity contribution >= 4 is 55.0 Å². The molecule has 300 valence electrons. The van der Waals surface area contributed by atoms with Crippen molar-refractivity contribution in [2.75, 3.05) is 4.90 Å². The molecule has 64 heavy (non-hydrogen) atoms. The van der Waals surface area contributed by atoms with Crippen LogP contribution in [0.1, 0.15) is 0 Å². The van der Waals surface area contributed by atoms with E-state index in [1.807, 2.05) is 0 Å². The lowest BCUT2D eigenvalue weighted by Gasteiger charge is -2.26. The van der Waals surface area contributed by atoms with Crippen LogP contribution >= 0.6 is 0 Å². The fourth-order valence-electron chi connectivity index (χ4n) is 9.72. The molecular formula is C62H42N2. The third-order valence-electron chi connectivity index (χ3n) is 12.8. The molecule has 0 aliphatic heterocycles. The summed E-state index contributed by atoms with van der Waals surface area (Å²) in [6.07, 6.45) is 2.22. The SMILES string of the molecule is c1ccc(-c2ccc(N(c3ccc(-c4ccccc4)cc3)c3ccc(-c4ccc5c6ccccc6c6c(c(-c7cccc(-c8ccccc8)c7)c7ccccn76)c5c4)cc3)cc2)cc1. The molecule has 10 aromatic carbocycles. The Labute approximate surface area is 373 Å². The second-order valence-electron chi connectivity index (χ2n) is 16.5. The van der Waals surface area contributed by atoms with Gasteiger partial charge in [-0.15, -0.1) is 0 Å². The Balaban J connectivity index is 1.00. The number of hydrogen-bond acceptors (Lipinski definition) is 1. The van der Waals surface area contributed by atoms with Crippen molar-refractivity contribution in [1.29, 1.82) is 0 Å². The molecular weight excluding hydrogens is 773 g/mol. The van der Waals surface area contributed by atoms with Gasteiger partial charge in [-0.3, -0.25) is 0 Å². The fourth-order valence-corrected chi connectivity index (χ4v) is 9.72. The molecule has 0 bridgehead atoms. The van der Waals surface area contributed by atoms with Crippen LogP contribution in [-0.2, 0) is 0 Å². The molecule has 0 amide bonds. The van der Waals surface area contributed by atoms with Crippen molar-refractivity contribution in [2.45, 2.75) is 0 Å². The largest absolute Gasteiger partial charge is 0.315 e. The summed E-state index contributed by atoms with van der Waals surface area (Å²) in [6, 6.07) is 90.3. The Morgan fingerprint density at radius 1 is 0.266 bits per heavy atom. The van der Waals surface area contributed by atoms with Gasteiger partial charge in [0.2, 0.25) is 0 Å². The number of rotatable bonds is 8. The van der Waals surface area contributed by atoms with Crippen LogP contribution in [0, 0.1) is 0 Å². The molecule has 0 N–H and O–H groups in total. The van der Waals surface area contributed by atoms with Crippen LogP contribution in [0.5, 0.6) is 0 Å². The van der Waals surface area contributed by atoms with E-state index in [4.69, 9.17) is 0 Å². The van der Waals surface area contributed by atoms with Crippen LogP contribution < -0.4 is 4.90 Å². The average molecular weight is 815 g/mol. The maximum absolute atomic E-state index is 2.42. The standard InChI is InChI=1S/C62H42N2/c1-4-15-43(16-5-1)46-26-33-52(34-27-46)64(53-35-28-47(29-36-53)44-17-6-2-7-18-44)54-37-30-48(31-38-54)50-32-39-56-55-23-10-11-24-57(55)62-61(58(56)42-50)60(59-25-12-13-40-63(59)62)51-22-14-21-49(41-51)45-19-8-3-9-20-45/h1-42H. The lowest BCUT2D eigenvalue weighted by atomic mass is 9.91. The lowest BCUT2D eigenvalue weighted by molar-refractivity contribution is 1.26. The molecule has 2 nitrogen and oxygen atoms in total. The minimum Gasteiger partial charge on any atom is -0.315 e. The van der Waals surface area contributed by atoms with E-state index >= 15 is 0 Å². The first-order valence-corrected chi connectivity index (χ1v) is 22.0. The van der Waals surface area contributed by atoms with E-state index in [1.54, 1.807) is 0 Å². The number of aromatic nitrogens is 1. The zero-order chi connectivity index (χ0) is 42.4. The third-order valence-corrected chi connectivity index (χ3v) is 12.8. The molecule has 0 aliphatic carbocycles. The summed E-state index contributed by atoms with van der Waals surface area (Å²) in [5.41, 5.74) is 17.8. The quantitative estimate of drug-likeness (QED) is 0.139. The molecule has 0 aliphatic rings. The minimum absolute atomic E-state index is 1.09. The Morgan fingerprint density at radius 2 is 0.672 bits per heavy atom. The van der Waals surface area contributed by atoms with E-state index in [2.05, 4.69) is 264 Å². The van der Waals surface area contributed by atoms with Crippen molar-refractivity contribution in [2.24, 2.45) is 0 Å². The van der Waals surface area contributed by atoms with Crippen LogP contribution in [0.15, 0.2) is 255 Å². The third kappa shape index (κ3) is 6.52. The molecule has 0 saturated carbocycles. The second-order valence-corrected chi connectivity index (χ2v) is 16.5. The van der Waals surface area contributed by atoms with Gasteiger partial charge in [0.05, 0.1) is 11.0 Å². The van der Waals surface area contributed by atoms with Crippen molar-refractivity contribution in [3.63, 3.8) is 0 Å². The number of benzene rings is 10. The molecule has 0 spiro atoms. The number of nitrogens with zero attached hydrogens (tertiary/aromatic N) is 2. The average Bonchev–Trinajstić information content (AvgIpc) is 3.74. The van der Waals surface area contributed by atoms with E-state index in [-0.39, 0.29) is 0 Å². The van der Waals surface area contributed by atoms with Gasteiger partial charge in [-0.2, -0.15) is 0 Å². The lowest BCUT2D eigenvalue weighted by Crippen LogP contribution is -2.09. The molecule has 12 aromatic rings. The zero-order valence-electron chi connectivity index (χ0n) is 35.1. The number of pyridine rings is 1. The van der Waals surface area contributed by atoms with Crippen LogP contribution in [-0.4, -0.2) is 4.40 Å². The molecule has 0 atom stereocenters. The van der Waals surface area contributed by atoms with Crippen molar-refractivity contribution < 1.29 is 0 Å². The summed E-state index contributed by atoms with van der Waals surface area (Å²) >= 11 is 0. The number of hydrogen-bond donors (Lipinski definition) is 0. The first-order valence-electron chi connectivity index (χ1n) is 22.0. The Kier molecular flexibility index (Phi) is 9.20. The summed E-state index contributed by atoms with van der Waals surface area (Å²) in [5.74, 6) is 0. The highest BCUT2D eigenvalue weighted by Gasteiger charge is 2.21. The summed E-state index contributed by atoms with van der Waals surface area (Å²) in [5, 5.41) is 6.28. The van der Waals surface area contributed by atoms with Gasteiger partial charge in [0.25, 0.3) is 0 Å². The smallest absolute Gasteiger partial charge is 0.0620 e. The molecule has 2 heteroatoms. The van der Waals surface area contributed by atoms with Gasteiger partial charge < -0.3 is 9.30 Å². The van der Waals surface area contributed by atoms with E-state index in [0.717, 1.165) is 17.1 Å². The molecule has 0 fully saturated rings. The molecule has 0 radical (unpaired) electrons. The molecule has 0 unspecified atom stereocenters. The van der Waals surface area contributed by atoms with Gasteiger partial charge in [0.1, 0.15) is 0 Å². The fraction of sp³-hybridized carbons (Fsp3) is 0. The Morgan fingerprint density at radius 3 is 1.25 bits per heavy atom. The van der Waals surface area contributed by atoms with Crippen LogP contribution in [0.2, 0.25) is 0 Å². The second kappa shape index (κ2) is 15.8. The zero-order valence-corrected chi connectivity index (χ0v) is 35.1. The topological polar surface area (TPSA) is 7.65 Å². The van der Waals surface area contributed by atoms with Gasteiger partial charge in [-0.25, -0.2) is 0 Å². The van der Waals surface area contributed by atoms with Crippen LogP contribution in [0.25, 0.3) is 93.6 Å². The van der Waals surface area contributed by atoms with Gasteiger partial charge in [0.15, 0.2) is 0 Å². The van der Waals surface area contributed by atoms with Gasteiger partial charge in [0, 0.05) is 39.6 Å². The van der Waals surface area contributed by atoms with Crippen molar-refractivity contribution in [3.05, 3.63) is 255 Å². The maximum Gasteiger partial charge on any atom is 0.0620 e. The maximum atomic E-state index is 2.42. The van der Waals surface area contributed by atoms with Crippen molar-refractivity contribution in [1.82, 2.24) is 4.40 Å². The first kappa shape index (κ1) is 37.3. The van der Waals surface area contributed by atoms with E-state index in [1.165, 1.54) is 93.6 Å². The minimum atomic E-state index is 1.09. The highest BCUT2D eigenvalue weighted by molar-refractivity contribution is 6.30. The summed E-state index contributed by atoms with van der Waals surface area (Å²) in [7, 11) is 0. The van der Waals surface area contributed by atoms with Crippen LogP contribution in [0.3, 0.4) is 0 Å². The molecule has 2 heterocycles. The van der Waals surface area contributed by atoms with Crippen LogP contribution in [0.4, 0.5) is 17.1 Å². The first-order chi connectivity index (χ1) is 31.7. The molecule has 12 rings (SSSR count). The monoisotopic (exact) mass is 814 g/mol. The Hall–Kier alpha value is -8.46. The summed E-state index contributed by atoms with van der Waals surface area (Å²) in [4.78, 5) is 2.35.